The fraction of sp³-hybridized carbons (Fsp3) is 0.200. The fourth-order valence-electron chi connectivity index (χ4n) is 2.42. The molecule has 3 heteroatoms. The van der Waals surface area contributed by atoms with Gasteiger partial charge in [-0.05, 0) is 38.1 Å². The molecule has 0 atom stereocenters. The van der Waals surface area contributed by atoms with E-state index in [2.05, 4.69) is 18.0 Å². The number of rotatable bonds is 0. The van der Waals surface area contributed by atoms with E-state index in [4.69, 9.17) is 0 Å². The third kappa shape index (κ3) is 1.44. The highest BCUT2D eigenvalue weighted by molar-refractivity contribution is 6.11. The van der Waals surface area contributed by atoms with Gasteiger partial charge in [-0.3, -0.25) is 9.36 Å². The molecule has 3 rings (SSSR count). The van der Waals surface area contributed by atoms with Gasteiger partial charge in [0.2, 0.25) is 5.91 Å². The van der Waals surface area contributed by atoms with Gasteiger partial charge in [-0.1, -0.05) is 11.6 Å². The lowest BCUT2D eigenvalue weighted by Crippen LogP contribution is -2.05. The summed E-state index contributed by atoms with van der Waals surface area (Å²) in [7, 11) is 0. The van der Waals surface area contributed by atoms with E-state index in [0.717, 1.165) is 27.6 Å². The van der Waals surface area contributed by atoms with Crippen molar-refractivity contribution in [3.8, 4) is 0 Å². The number of nitrogens with zero attached hydrogens (tertiary/aromatic N) is 2. The molecular weight excluding hydrogens is 224 g/mol. The van der Waals surface area contributed by atoms with Crippen LogP contribution in [0.15, 0.2) is 30.3 Å². The van der Waals surface area contributed by atoms with Crippen molar-refractivity contribution in [2.24, 2.45) is 0 Å². The molecular formula is C15H14N2O. The quantitative estimate of drug-likeness (QED) is 0.601. The molecule has 0 aliphatic rings. The molecule has 0 aliphatic heterocycles. The monoisotopic (exact) mass is 238 g/mol. The second-order valence-electron chi connectivity index (χ2n) is 4.70. The summed E-state index contributed by atoms with van der Waals surface area (Å²) in [5.74, 6) is -0.00282. The molecule has 0 saturated carbocycles. The van der Waals surface area contributed by atoms with Crippen LogP contribution in [0.3, 0.4) is 0 Å². The highest BCUT2D eigenvalue weighted by Crippen LogP contribution is 2.28. The van der Waals surface area contributed by atoms with E-state index in [-0.39, 0.29) is 5.91 Å². The molecule has 90 valence electrons. The Balaban J connectivity index is 2.60. The number of aryl methyl sites for hydroxylation is 2. The minimum absolute atomic E-state index is 0.00282. The molecule has 0 amide bonds. The predicted octanol–water partition coefficient (Wildman–Crippen LogP) is 3.47. The molecule has 3 nitrogen and oxygen atoms in total. The van der Waals surface area contributed by atoms with Crippen LogP contribution in [0.25, 0.3) is 21.9 Å². The van der Waals surface area contributed by atoms with Gasteiger partial charge in [0.25, 0.3) is 0 Å². The molecule has 0 radical (unpaired) electrons. The third-order valence-corrected chi connectivity index (χ3v) is 3.22. The minimum Gasteiger partial charge on any atom is -0.274 e. The minimum atomic E-state index is -0.00282. The number of hydrogen-bond donors (Lipinski definition) is 0. The molecule has 18 heavy (non-hydrogen) atoms. The summed E-state index contributed by atoms with van der Waals surface area (Å²) in [6.07, 6.45) is 0. The van der Waals surface area contributed by atoms with Crippen LogP contribution in [0.1, 0.15) is 23.0 Å². The summed E-state index contributed by atoms with van der Waals surface area (Å²) < 4.78 is 1.69. The standard InChI is InChI=1S/C15H14N2O/c1-9-4-7-14-13(8-9)12-6-5-10(2)16-15(12)17(14)11(3)18/h4-8H,1-3H3. The molecule has 0 aliphatic carbocycles. The van der Waals surface area contributed by atoms with Crippen LogP contribution in [0.4, 0.5) is 0 Å². The summed E-state index contributed by atoms with van der Waals surface area (Å²) in [5.41, 5.74) is 3.79. The molecule has 3 aromatic rings. The fourth-order valence-corrected chi connectivity index (χ4v) is 2.42. The maximum atomic E-state index is 11.9. The maximum Gasteiger partial charge on any atom is 0.229 e. The molecule has 0 saturated heterocycles. The van der Waals surface area contributed by atoms with Crippen LogP contribution in [-0.2, 0) is 0 Å². The normalized spacial score (nSPS) is 11.3. The predicted molar refractivity (Wildman–Crippen MR) is 73.0 cm³/mol. The molecule has 0 fully saturated rings. The smallest absolute Gasteiger partial charge is 0.229 e. The van der Waals surface area contributed by atoms with Gasteiger partial charge in [-0.15, -0.1) is 0 Å². The Morgan fingerprint density at radius 1 is 1.11 bits per heavy atom. The Morgan fingerprint density at radius 3 is 2.61 bits per heavy atom. The van der Waals surface area contributed by atoms with Gasteiger partial charge < -0.3 is 0 Å². The van der Waals surface area contributed by atoms with E-state index in [9.17, 15) is 4.79 Å². The third-order valence-electron chi connectivity index (χ3n) is 3.22. The van der Waals surface area contributed by atoms with E-state index in [0.29, 0.717) is 0 Å². The molecule has 0 N–H and O–H groups in total. The van der Waals surface area contributed by atoms with E-state index in [1.54, 1.807) is 11.5 Å². The van der Waals surface area contributed by atoms with E-state index in [1.807, 2.05) is 31.2 Å². The van der Waals surface area contributed by atoms with Gasteiger partial charge in [0.05, 0.1) is 5.52 Å². The second kappa shape index (κ2) is 3.67. The number of hydrogen-bond acceptors (Lipinski definition) is 2. The summed E-state index contributed by atoms with van der Waals surface area (Å²) in [5, 5.41) is 2.13. The zero-order valence-electron chi connectivity index (χ0n) is 10.7. The number of aromatic nitrogens is 2. The van der Waals surface area contributed by atoms with Gasteiger partial charge in [0.15, 0.2) is 0 Å². The number of carbonyl (C=O) groups excluding carboxylic acids is 1. The zero-order chi connectivity index (χ0) is 12.9. The lowest BCUT2D eigenvalue weighted by atomic mass is 10.1. The zero-order valence-corrected chi connectivity index (χ0v) is 10.7. The van der Waals surface area contributed by atoms with Gasteiger partial charge in [-0.25, -0.2) is 4.98 Å². The van der Waals surface area contributed by atoms with Crippen LogP contribution in [-0.4, -0.2) is 15.5 Å². The number of fused-ring (bicyclic) bond motifs is 3. The maximum absolute atomic E-state index is 11.9. The SMILES string of the molecule is CC(=O)n1c2ccc(C)cc2c2ccc(C)nc21. The van der Waals surface area contributed by atoms with Crippen molar-refractivity contribution in [2.75, 3.05) is 0 Å². The van der Waals surface area contributed by atoms with Crippen molar-refractivity contribution in [3.63, 3.8) is 0 Å². The van der Waals surface area contributed by atoms with Crippen molar-refractivity contribution in [2.45, 2.75) is 20.8 Å². The molecule has 2 aromatic heterocycles. The van der Waals surface area contributed by atoms with Crippen LogP contribution >= 0.6 is 0 Å². The van der Waals surface area contributed by atoms with Crippen LogP contribution in [0.2, 0.25) is 0 Å². The summed E-state index contributed by atoms with van der Waals surface area (Å²) >= 11 is 0. The first-order chi connectivity index (χ1) is 8.58. The molecule has 0 spiro atoms. The first kappa shape index (κ1) is 11.0. The Labute approximate surface area is 105 Å². The van der Waals surface area contributed by atoms with Crippen LogP contribution in [0.5, 0.6) is 0 Å². The van der Waals surface area contributed by atoms with Gasteiger partial charge in [-0.2, -0.15) is 0 Å². The van der Waals surface area contributed by atoms with E-state index in [1.165, 1.54) is 5.56 Å². The molecule has 0 unspecified atom stereocenters. The Morgan fingerprint density at radius 2 is 1.89 bits per heavy atom. The largest absolute Gasteiger partial charge is 0.274 e. The van der Waals surface area contributed by atoms with Gasteiger partial charge in [0.1, 0.15) is 5.65 Å². The average molecular weight is 238 g/mol. The van der Waals surface area contributed by atoms with Gasteiger partial charge >= 0.3 is 0 Å². The van der Waals surface area contributed by atoms with Crippen molar-refractivity contribution < 1.29 is 4.79 Å². The summed E-state index contributed by atoms with van der Waals surface area (Å²) in [6.45, 7) is 5.56. The van der Waals surface area contributed by atoms with E-state index < -0.39 is 0 Å². The summed E-state index contributed by atoms with van der Waals surface area (Å²) in [4.78, 5) is 16.4. The first-order valence-electron chi connectivity index (χ1n) is 5.97. The highest BCUT2D eigenvalue weighted by atomic mass is 16.1. The van der Waals surface area contributed by atoms with Crippen molar-refractivity contribution in [1.82, 2.24) is 9.55 Å². The van der Waals surface area contributed by atoms with Crippen molar-refractivity contribution in [1.29, 1.82) is 0 Å². The summed E-state index contributed by atoms with van der Waals surface area (Å²) in [6, 6.07) is 10.1. The molecule has 0 bridgehead atoms. The van der Waals surface area contributed by atoms with Crippen LogP contribution in [0, 0.1) is 13.8 Å². The number of carbonyl (C=O) groups is 1. The lowest BCUT2D eigenvalue weighted by Gasteiger charge is -2.01. The Kier molecular flexibility index (Phi) is 2.23. The van der Waals surface area contributed by atoms with Crippen LogP contribution < -0.4 is 0 Å². The lowest BCUT2D eigenvalue weighted by molar-refractivity contribution is 0.0946. The molecule has 2 heterocycles. The topological polar surface area (TPSA) is 34.9 Å². The number of pyridine rings is 1. The Hall–Kier alpha value is -2.16. The highest BCUT2D eigenvalue weighted by Gasteiger charge is 2.14. The van der Waals surface area contributed by atoms with Gasteiger partial charge in [0, 0.05) is 23.4 Å². The average Bonchev–Trinajstić information content (AvgIpc) is 2.61. The van der Waals surface area contributed by atoms with Crippen molar-refractivity contribution in [3.05, 3.63) is 41.6 Å². The molecule has 1 aromatic carbocycles. The first-order valence-corrected chi connectivity index (χ1v) is 5.97. The van der Waals surface area contributed by atoms with E-state index >= 15 is 0 Å². The number of benzene rings is 1. The second-order valence-corrected chi connectivity index (χ2v) is 4.70. The van der Waals surface area contributed by atoms with Crippen molar-refractivity contribution >= 4 is 27.8 Å². The Bertz CT molecular complexity index is 784.